The van der Waals surface area contributed by atoms with E-state index in [0.717, 1.165) is 17.7 Å². The number of rotatable bonds is 6. The molecule has 1 N–H and O–H groups in total. The zero-order chi connectivity index (χ0) is 13.7. The van der Waals surface area contributed by atoms with E-state index in [2.05, 4.69) is 26.1 Å². The molecule has 0 bridgehead atoms. The van der Waals surface area contributed by atoms with Crippen LogP contribution in [0.15, 0.2) is 18.2 Å². The van der Waals surface area contributed by atoms with E-state index in [0.29, 0.717) is 5.92 Å². The Morgan fingerprint density at radius 3 is 2.50 bits per heavy atom. The molecule has 2 atom stereocenters. The van der Waals surface area contributed by atoms with Crippen molar-refractivity contribution in [1.82, 2.24) is 5.32 Å². The second kappa shape index (κ2) is 6.86. The van der Waals surface area contributed by atoms with Crippen LogP contribution in [0.1, 0.15) is 37.9 Å². The van der Waals surface area contributed by atoms with Crippen molar-refractivity contribution < 1.29 is 9.13 Å². The number of nitrogens with one attached hydrogen (secondary N) is 1. The molecule has 1 aromatic carbocycles. The van der Waals surface area contributed by atoms with E-state index >= 15 is 0 Å². The number of methoxy groups -OCH3 is 1. The fourth-order valence-electron chi connectivity index (χ4n) is 2.36. The summed E-state index contributed by atoms with van der Waals surface area (Å²) in [5, 5.41) is 3.41. The summed E-state index contributed by atoms with van der Waals surface area (Å²) < 4.78 is 19.0. The van der Waals surface area contributed by atoms with Gasteiger partial charge < -0.3 is 10.1 Å². The summed E-state index contributed by atoms with van der Waals surface area (Å²) in [4.78, 5) is 0. The van der Waals surface area contributed by atoms with Crippen LogP contribution in [0.2, 0.25) is 0 Å². The third kappa shape index (κ3) is 3.53. The Bertz CT molecular complexity index is 379. The SMILES string of the molecule is CCNC(c1cc(F)ccc1C)C(OC)C(C)C. The van der Waals surface area contributed by atoms with Crippen molar-refractivity contribution in [2.24, 2.45) is 5.92 Å². The summed E-state index contributed by atoms with van der Waals surface area (Å²) in [6.45, 7) is 9.12. The first-order valence-electron chi connectivity index (χ1n) is 6.53. The van der Waals surface area contributed by atoms with Gasteiger partial charge in [0.1, 0.15) is 5.82 Å². The molecule has 3 heteroatoms. The number of likely N-dealkylation sites (N-methyl/N-ethyl adjacent to an activating group) is 1. The van der Waals surface area contributed by atoms with Crippen molar-refractivity contribution in [3.63, 3.8) is 0 Å². The first-order chi connectivity index (χ1) is 8.51. The number of ether oxygens (including phenoxy) is 1. The first kappa shape index (κ1) is 15.1. The summed E-state index contributed by atoms with van der Waals surface area (Å²) >= 11 is 0. The lowest BCUT2D eigenvalue weighted by atomic mass is 9.90. The summed E-state index contributed by atoms with van der Waals surface area (Å²) in [7, 11) is 1.71. The van der Waals surface area contributed by atoms with E-state index in [-0.39, 0.29) is 18.0 Å². The molecule has 0 aliphatic heterocycles. The molecule has 2 nitrogen and oxygen atoms in total. The highest BCUT2D eigenvalue weighted by atomic mass is 19.1. The minimum atomic E-state index is -0.197. The molecule has 0 spiro atoms. The minimum Gasteiger partial charge on any atom is -0.379 e. The van der Waals surface area contributed by atoms with Gasteiger partial charge in [-0.3, -0.25) is 0 Å². The van der Waals surface area contributed by atoms with Gasteiger partial charge >= 0.3 is 0 Å². The Labute approximate surface area is 110 Å². The topological polar surface area (TPSA) is 21.3 Å². The molecule has 1 aromatic rings. The van der Waals surface area contributed by atoms with Crippen LogP contribution >= 0.6 is 0 Å². The third-order valence-electron chi connectivity index (χ3n) is 3.26. The van der Waals surface area contributed by atoms with Gasteiger partial charge in [-0.25, -0.2) is 4.39 Å². The minimum absolute atomic E-state index is 0.0238. The van der Waals surface area contributed by atoms with Crippen LogP contribution in [-0.4, -0.2) is 19.8 Å². The molecule has 0 amide bonds. The highest BCUT2D eigenvalue weighted by molar-refractivity contribution is 5.30. The van der Waals surface area contributed by atoms with Crippen LogP contribution in [0.25, 0.3) is 0 Å². The molecule has 18 heavy (non-hydrogen) atoms. The molecule has 0 aliphatic rings. The highest BCUT2D eigenvalue weighted by Gasteiger charge is 2.26. The van der Waals surface area contributed by atoms with E-state index in [1.165, 1.54) is 6.07 Å². The average molecular weight is 253 g/mol. The summed E-state index contributed by atoms with van der Waals surface area (Å²) in [5.41, 5.74) is 2.07. The first-order valence-corrected chi connectivity index (χ1v) is 6.53. The van der Waals surface area contributed by atoms with Crippen LogP contribution in [0, 0.1) is 18.7 Å². The molecule has 0 saturated heterocycles. The third-order valence-corrected chi connectivity index (χ3v) is 3.26. The molecule has 0 aromatic heterocycles. The van der Waals surface area contributed by atoms with Crippen molar-refractivity contribution in [2.75, 3.05) is 13.7 Å². The maximum absolute atomic E-state index is 13.4. The molecule has 0 fully saturated rings. The maximum Gasteiger partial charge on any atom is 0.123 e. The van der Waals surface area contributed by atoms with Crippen LogP contribution in [0.4, 0.5) is 4.39 Å². The molecule has 0 saturated carbocycles. The summed E-state index contributed by atoms with van der Waals surface area (Å²) in [6, 6.07) is 4.95. The predicted molar refractivity (Wildman–Crippen MR) is 73.2 cm³/mol. The molecular weight excluding hydrogens is 229 g/mol. The van der Waals surface area contributed by atoms with E-state index in [9.17, 15) is 4.39 Å². The Balaban J connectivity index is 3.13. The lowest BCUT2D eigenvalue weighted by Gasteiger charge is -2.31. The van der Waals surface area contributed by atoms with Gasteiger partial charge in [0.05, 0.1) is 12.1 Å². The van der Waals surface area contributed by atoms with Crippen LogP contribution in [-0.2, 0) is 4.74 Å². The van der Waals surface area contributed by atoms with Crippen molar-refractivity contribution in [3.8, 4) is 0 Å². The lowest BCUT2D eigenvalue weighted by molar-refractivity contribution is 0.0328. The molecule has 1 rings (SSSR count). The Hall–Kier alpha value is -0.930. The fraction of sp³-hybridized carbons (Fsp3) is 0.600. The van der Waals surface area contributed by atoms with E-state index in [4.69, 9.17) is 4.74 Å². The normalized spacial score (nSPS) is 14.8. The van der Waals surface area contributed by atoms with Crippen molar-refractivity contribution in [1.29, 1.82) is 0 Å². The van der Waals surface area contributed by atoms with Crippen molar-refractivity contribution in [2.45, 2.75) is 39.8 Å². The second-order valence-corrected chi connectivity index (χ2v) is 4.98. The molecule has 0 heterocycles. The summed E-state index contributed by atoms with van der Waals surface area (Å²) in [5.74, 6) is 0.166. The molecule has 0 radical (unpaired) electrons. The average Bonchev–Trinajstić information content (AvgIpc) is 2.32. The van der Waals surface area contributed by atoms with Crippen molar-refractivity contribution >= 4 is 0 Å². The quantitative estimate of drug-likeness (QED) is 0.838. The smallest absolute Gasteiger partial charge is 0.123 e. The van der Waals surface area contributed by atoms with Crippen LogP contribution < -0.4 is 5.32 Å². The van der Waals surface area contributed by atoms with Gasteiger partial charge in [-0.05, 0) is 42.6 Å². The van der Waals surface area contributed by atoms with Gasteiger partial charge in [-0.1, -0.05) is 26.8 Å². The van der Waals surface area contributed by atoms with E-state index in [1.807, 2.05) is 13.0 Å². The van der Waals surface area contributed by atoms with Gasteiger partial charge in [-0.2, -0.15) is 0 Å². The van der Waals surface area contributed by atoms with Gasteiger partial charge in [0.2, 0.25) is 0 Å². The van der Waals surface area contributed by atoms with E-state index < -0.39 is 0 Å². The Morgan fingerprint density at radius 1 is 1.33 bits per heavy atom. The predicted octanol–water partition coefficient (Wildman–Crippen LogP) is 3.46. The van der Waals surface area contributed by atoms with Crippen molar-refractivity contribution in [3.05, 3.63) is 35.1 Å². The van der Waals surface area contributed by atoms with Gasteiger partial charge in [0.15, 0.2) is 0 Å². The van der Waals surface area contributed by atoms with Gasteiger partial charge in [-0.15, -0.1) is 0 Å². The number of aryl methyl sites for hydroxylation is 1. The maximum atomic E-state index is 13.4. The largest absolute Gasteiger partial charge is 0.379 e. The van der Waals surface area contributed by atoms with E-state index in [1.54, 1.807) is 13.2 Å². The Kier molecular flexibility index (Phi) is 5.76. The molecular formula is C15H24FNO. The second-order valence-electron chi connectivity index (χ2n) is 4.98. The number of hydrogen-bond donors (Lipinski definition) is 1. The number of benzene rings is 1. The lowest BCUT2D eigenvalue weighted by Crippen LogP contribution is -2.37. The standard InChI is InChI=1S/C15H24FNO/c1-6-17-14(15(18-5)10(2)3)13-9-12(16)8-7-11(13)4/h7-10,14-15,17H,6H2,1-5H3. The molecule has 2 unspecified atom stereocenters. The molecule has 0 aliphatic carbocycles. The van der Waals surface area contributed by atoms with Gasteiger partial charge in [0.25, 0.3) is 0 Å². The summed E-state index contributed by atoms with van der Waals surface area (Å²) in [6.07, 6.45) is 0.0328. The zero-order valence-electron chi connectivity index (χ0n) is 12.0. The van der Waals surface area contributed by atoms with Crippen LogP contribution in [0.3, 0.4) is 0 Å². The van der Waals surface area contributed by atoms with Gasteiger partial charge in [0, 0.05) is 7.11 Å². The fourth-order valence-corrected chi connectivity index (χ4v) is 2.36. The highest BCUT2D eigenvalue weighted by Crippen LogP contribution is 2.27. The zero-order valence-corrected chi connectivity index (χ0v) is 12.0. The molecule has 102 valence electrons. The Morgan fingerprint density at radius 2 is 2.00 bits per heavy atom. The number of hydrogen-bond acceptors (Lipinski definition) is 2. The monoisotopic (exact) mass is 253 g/mol. The number of halogens is 1. The van der Waals surface area contributed by atoms with Crippen LogP contribution in [0.5, 0.6) is 0 Å².